The molecule has 0 aliphatic carbocycles. The van der Waals surface area contributed by atoms with Crippen LogP contribution in [0.5, 0.6) is 11.5 Å². The summed E-state index contributed by atoms with van der Waals surface area (Å²) >= 11 is 0. The second-order valence-corrected chi connectivity index (χ2v) is 4.41. The summed E-state index contributed by atoms with van der Waals surface area (Å²) in [4.78, 5) is 14.0. The molecule has 1 aliphatic heterocycles. The van der Waals surface area contributed by atoms with Crippen molar-refractivity contribution >= 4 is 5.91 Å². The summed E-state index contributed by atoms with van der Waals surface area (Å²) in [5.41, 5.74) is 0.326. The Kier molecular flexibility index (Phi) is 3.72. The van der Waals surface area contributed by atoms with Crippen molar-refractivity contribution in [2.75, 3.05) is 27.2 Å². The molecule has 2 rings (SSSR count). The van der Waals surface area contributed by atoms with Crippen LogP contribution in [-0.4, -0.2) is 49.2 Å². The first kappa shape index (κ1) is 12.7. The number of rotatable bonds is 3. The molecule has 0 spiro atoms. The Balaban J connectivity index is 2.14. The molecule has 1 aliphatic rings. The van der Waals surface area contributed by atoms with Crippen molar-refractivity contribution in [3.8, 4) is 11.5 Å². The Bertz CT molecular complexity index is 448. The molecule has 1 heterocycles. The molecule has 1 atom stereocenters. The summed E-state index contributed by atoms with van der Waals surface area (Å²) < 4.78 is 4.99. The van der Waals surface area contributed by atoms with Gasteiger partial charge in [-0.25, -0.2) is 0 Å². The van der Waals surface area contributed by atoms with Crippen LogP contribution < -0.4 is 10.1 Å². The second-order valence-electron chi connectivity index (χ2n) is 4.41. The third-order valence-corrected chi connectivity index (χ3v) is 3.32. The molecule has 1 saturated heterocycles. The standard InChI is InChI=1S/C13H18N2O3/c1-14-9-5-6-15(8-9)13(17)11-4-3-10(18-2)7-12(11)16/h3-4,7,9,14,16H,5-6,8H2,1-2H3. The van der Waals surface area contributed by atoms with Crippen molar-refractivity contribution in [1.29, 1.82) is 0 Å². The fourth-order valence-corrected chi connectivity index (χ4v) is 2.17. The number of nitrogens with one attached hydrogen (secondary N) is 1. The fourth-order valence-electron chi connectivity index (χ4n) is 2.17. The topological polar surface area (TPSA) is 61.8 Å². The van der Waals surface area contributed by atoms with Gasteiger partial charge in [-0.3, -0.25) is 4.79 Å². The summed E-state index contributed by atoms with van der Waals surface area (Å²) in [5, 5.41) is 13.0. The first-order valence-electron chi connectivity index (χ1n) is 5.99. The maximum atomic E-state index is 12.2. The molecule has 98 valence electrons. The zero-order valence-electron chi connectivity index (χ0n) is 10.6. The number of phenolic OH excluding ortho intramolecular Hbond substituents is 1. The smallest absolute Gasteiger partial charge is 0.257 e. The summed E-state index contributed by atoms with van der Waals surface area (Å²) in [6.07, 6.45) is 0.944. The van der Waals surface area contributed by atoms with Crippen LogP contribution in [0.1, 0.15) is 16.8 Å². The molecule has 18 heavy (non-hydrogen) atoms. The molecular formula is C13H18N2O3. The van der Waals surface area contributed by atoms with E-state index in [0.29, 0.717) is 23.9 Å². The van der Waals surface area contributed by atoms with Gasteiger partial charge in [0, 0.05) is 25.2 Å². The van der Waals surface area contributed by atoms with Gasteiger partial charge in [-0.05, 0) is 25.6 Å². The SMILES string of the molecule is CNC1CCN(C(=O)c2ccc(OC)cc2O)C1. The normalized spacial score (nSPS) is 19.0. The van der Waals surface area contributed by atoms with Crippen LogP contribution in [-0.2, 0) is 0 Å². The predicted molar refractivity (Wildman–Crippen MR) is 68.0 cm³/mol. The van der Waals surface area contributed by atoms with Gasteiger partial charge in [-0.2, -0.15) is 0 Å². The van der Waals surface area contributed by atoms with Crippen LogP contribution in [0.4, 0.5) is 0 Å². The van der Waals surface area contributed by atoms with Crippen molar-refractivity contribution in [2.24, 2.45) is 0 Å². The largest absolute Gasteiger partial charge is 0.507 e. The molecule has 1 aromatic rings. The van der Waals surface area contributed by atoms with E-state index in [-0.39, 0.29) is 11.7 Å². The van der Waals surface area contributed by atoms with E-state index in [2.05, 4.69) is 5.32 Å². The number of hydrogen-bond donors (Lipinski definition) is 2. The van der Waals surface area contributed by atoms with Gasteiger partial charge < -0.3 is 20.1 Å². The minimum atomic E-state index is -0.132. The molecule has 0 saturated carbocycles. The molecule has 0 radical (unpaired) electrons. The van der Waals surface area contributed by atoms with Gasteiger partial charge in [0.25, 0.3) is 5.91 Å². The molecular weight excluding hydrogens is 232 g/mol. The number of amides is 1. The predicted octanol–water partition coefficient (Wildman–Crippen LogP) is 0.835. The highest BCUT2D eigenvalue weighted by atomic mass is 16.5. The van der Waals surface area contributed by atoms with Crippen molar-refractivity contribution in [3.05, 3.63) is 23.8 Å². The third-order valence-electron chi connectivity index (χ3n) is 3.32. The molecule has 1 unspecified atom stereocenters. The number of hydrogen-bond acceptors (Lipinski definition) is 4. The number of likely N-dealkylation sites (tertiary alicyclic amines) is 1. The van der Waals surface area contributed by atoms with Gasteiger partial charge in [-0.15, -0.1) is 0 Å². The van der Waals surface area contributed by atoms with E-state index in [1.807, 2.05) is 7.05 Å². The van der Waals surface area contributed by atoms with Crippen LogP contribution in [0.15, 0.2) is 18.2 Å². The van der Waals surface area contributed by atoms with Gasteiger partial charge in [-0.1, -0.05) is 0 Å². The van der Waals surface area contributed by atoms with Gasteiger partial charge in [0.2, 0.25) is 0 Å². The molecule has 1 aromatic carbocycles. The van der Waals surface area contributed by atoms with E-state index >= 15 is 0 Å². The first-order chi connectivity index (χ1) is 8.65. The van der Waals surface area contributed by atoms with E-state index in [0.717, 1.165) is 13.0 Å². The number of methoxy groups -OCH3 is 1. The van der Waals surface area contributed by atoms with Crippen molar-refractivity contribution in [3.63, 3.8) is 0 Å². The minimum Gasteiger partial charge on any atom is -0.507 e. The number of likely N-dealkylation sites (N-methyl/N-ethyl adjacent to an activating group) is 1. The number of ether oxygens (including phenoxy) is 1. The Labute approximate surface area is 106 Å². The lowest BCUT2D eigenvalue weighted by Crippen LogP contribution is -2.33. The molecule has 1 amide bonds. The molecule has 0 bridgehead atoms. The van der Waals surface area contributed by atoms with Gasteiger partial charge in [0.15, 0.2) is 0 Å². The first-order valence-corrected chi connectivity index (χ1v) is 5.99. The molecule has 5 nitrogen and oxygen atoms in total. The summed E-state index contributed by atoms with van der Waals surface area (Å²) in [6, 6.07) is 5.08. The lowest BCUT2D eigenvalue weighted by molar-refractivity contribution is 0.0786. The van der Waals surface area contributed by atoms with E-state index in [1.165, 1.54) is 13.2 Å². The lowest BCUT2D eigenvalue weighted by atomic mass is 10.1. The Morgan fingerprint density at radius 3 is 2.89 bits per heavy atom. The average Bonchev–Trinajstić information content (AvgIpc) is 2.86. The van der Waals surface area contributed by atoms with Crippen molar-refractivity contribution in [1.82, 2.24) is 10.2 Å². The van der Waals surface area contributed by atoms with Crippen LogP contribution in [0.2, 0.25) is 0 Å². The maximum Gasteiger partial charge on any atom is 0.257 e. The van der Waals surface area contributed by atoms with Crippen LogP contribution in [0.3, 0.4) is 0 Å². The Morgan fingerprint density at radius 1 is 1.56 bits per heavy atom. The Hall–Kier alpha value is -1.75. The van der Waals surface area contributed by atoms with E-state index in [4.69, 9.17) is 4.74 Å². The van der Waals surface area contributed by atoms with E-state index in [1.54, 1.807) is 17.0 Å². The third kappa shape index (κ3) is 2.41. The summed E-state index contributed by atoms with van der Waals surface area (Å²) in [5.74, 6) is 0.374. The maximum absolute atomic E-state index is 12.2. The van der Waals surface area contributed by atoms with Gasteiger partial charge >= 0.3 is 0 Å². The zero-order chi connectivity index (χ0) is 13.1. The van der Waals surface area contributed by atoms with Gasteiger partial charge in [0.1, 0.15) is 11.5 Å². The minimum absolute atomic E-state index is 0.0349. The Morgan fingerprint density at radius 2 is 2.33 bits per heavy atom. The monoisotopic (exact) mass is 250 g/mol. The number of phenols is 1. The van der Waals surface area contributed by atoms with E-state index in [9.17, 15) is 9.90 Å². The number of nitrogens with zero attached hydrogens (tertiary/aromatic N) is 1. The van der Waals surface area contributed by atoms with E-state index < -0.39 is 0 Å². The van der Waals surface area contributed by atoms with Crippen molar-refractivity contribution in [2.45, 2.75) is 12.5 Å². The number of carbonyl (C=O) groups excluding carboxylic acids is 1. The molecule has 0 aromatic heterocycles. The molecule has 1 fully saturated rings. The van der Waals surface area contributed by atoms with Crippen LogP contribution in [0, 0.1) is 0 Å². The van der Waals surface area contributed by atoms with Crippen molar-refractivity contribution < 1.29 is 14.6 Å². The number of aromatic hydroxyl groups is 1. The lowest BCUT2D eigenvalue weighted by Gasteiger charge is -2.17. The number of benzene rings is 1. The summed E-state index contributed by atoms with van der Waals surface area (Å²) in [7, 11) is 3.41. The van der Waals surface area contributed by atoms with Crippen LogP contribution in [0.25, 0.3) is 0 Å². The quantitative estimate of drug-likeness (QED) is 0.834. The number of carbonyl (C=O) groups is 1. The zero-order valence-corrected chi connectivity index (χ0v) is 10.6. The highest BCUT2D eigenvalue weighted by molar-refractivity contribution is 5.97. The highest BCUT2D eigenvalue weighted by Gasteiger charge is 2.27. The second kappa shape index (κ2) is 5.27. The molecule has 2 N–H and O–H groups in total. The average molecular weight is 250 g/mol. The van der Waals surface area contributed by atoms with Crippen LogP contribution >= 0.6 is 0 Å². The fraction of sp³-hybridized carbons (Fsp3) is 0.462. The summed E-state index contributed by atoms with van der Waals surface area (Å²) in [6.45, 7) is 1.40. The van der Waals surface area contributed by atoms with Gasteiger partial charge in [0.05, 0.1) is 12.7 Å². The molecule has 5 heteroatoms. The highest BCUT2D eigenvalue weighted by Crippen LogP contribution is 2.25.